The van der Waals surface area contributed by atoms with Crippen molar-refractivity contribution in [1.29, 1.82) is 0 Å². The molecule has 0 heterocycles. The van der Waals surface area contributed by atoms with Crippen LogP contribution in [0.4, 0.5) is 0 Å². The van der Waals surface area contributed by atoms with E-state index >= 15 is 0 Å². The molecule has 1 amide bonds. The van der Waals surface area contributed by atoms with Gasteiger partial charge in [0.05, 0.1) is 6.26 Å². The molecule has 0 unspecified atom stereocenters. The first kappa shape index (κ1) is 15.3. The van der Waals surface area contributed by atoms with Crippen molar-refractivity contribution in [2.24, 2.45) is 0 Å². The number of hydrogen-bond acceptors (Lipinski definition) is 4. The molecule has 0 aliphatic heterocycles. The maximum Gasteiger partial charge on any atom is 0.264 e. The van der Waals surface area contributed by atoms with Gasteiger partial charge < -0.3 is 4.74 Å². The Balaban J connectivity index is 2.08. The number of amides is 1. The highest BCUT2D eigenvalue weighted by atomic mass is 35.5. The molecule has 5 nitrogen and oxygen atoms in total. The van der Waals surface area contributed by atoms with Gasteiger partial charge in [0.2, 0.25) is 10.0 Å². The third-order valence-electron chi connectivity index (χ3n) is 2.44. The number of ether oxygens (including phenoxy) is 1. The summed E-state index contributed by atoms with van der Waals surface area (Å²) in [5.74, 6) is 0.441. The van der Waals surface area contributed by atoms with E-state index in [2.05, 4.69) is 0 Å². The standard InChI is InChI=1S/C14H12ClNO4S/c1-21(18,19)16-14(17)10-2-6-12(7-3-10)20-13-8-4-11(15)5-9-13/h2-9H,1H3,(H,16,17). The second kappa shape index (κ2) is 6.15. The van der Waals surface area contributed by atoms with Crippen molar-refractivity contribution in [2.75, 3.05) is 6.26 Å². The molecule has 0 atom stereocenters. The number of benzene rings is 2. The summed E-state index contributed by atoms with van der Waals surface area (Å²) in [4.78, 5) is 11.6. The Bertz CT molecular complexity index is 740. The molecule has 0 saturated heterocycles. The van der Waals surface area contributed by atoms with Gasteiger partial charge in [0.25, 0.3) is 5.91 Å². The fraction of sp³-hybridized carbons (Fsp3) is 0.0714. The van der Waals surface area contributed by atoms with Crippen LogP contribution in [0.5, 0.6) is 11.5 Å². The van der Waals surface area contributed by atoms with Gasteiger partial charge in [-0.05, 0) is 48.5 Å². The number of hydrogen-bond donors (Lipinski definition) is 1. The van der Waals surface area contributed by atoms with Gasteiger partial charge in [0.15, 0.2) is 0 Å². The van der Waals surface area contributed by atoms with E-state index in [0.717, 1.165) is 6.26 Å². The molecule has 2 aromatic rings. The topological polar surface area (TPSA) is 72.5 Å². The minimum Gasteiger partial charge on any atom is -0.457 e. The Morgan fingerprint density at radius 2 is 1.48 bits per heavy atom. The quantitative estimate of drug-likeness (QED) is 0.938. The second-order valence-electron chi connectivity index (χ2n) is 4.28. The van der Waals surface area contributed by atoms with Crippen LogP contribution in [0, 0.1) is 0 Å². The predicted octanol–water partition coefficient (Wildman–Crippen LogP) is 2.82. The van der Waals surface area contributed by atoms with Crippen molar-refractivity contribution in [3.63, 3.8) is 0 Å². The van der Waals surface area contributed by atoms with Gasteiger partial charge in [-0.1, -0.05) is 11.6 Å². The van der Waals surface area contributed by atoms with Crippen LogP contribution in [0.3, 0.4) is 0 Å². The van der Waals surface area contributed by atoms with Gasteiger partial charge in [-0.15, -0.1) is 0 Å². The molecule has 0 aliphatic rings. The number of sulfonamides is 1. The Morgan fingerprint density at radius 3 is 1.95 bits per heavy atom. The maximum atomic E-state index is 11.6. The number of carbonyl (C=O) groups excluding carboxylic acids is 1. The van der Waals surface area contributed by atoms with Crippen LogP contribution in [0.25, 0.3) is 0 Å². The monoisotopic (exact) mass is 325 g/mol. The predicted molar refractivity (Wildman–Crippen MR) is 80.3 cm³/mol. The molecule has 2 rings (SSSR count). The molecule has 0 bridgehead atoms. The van der Waals surface area contributed by atoms with Crippen molar-refractivity contribution in [2.45, 2.75) is 0 Å². The number of halogens is 1. The molecular formula is C14H12ClNO4S. The first-order chi connectivity index (χ1) is 9.83. The average Bonchev–Trinajstić information content (AvgIpc) is 2.40. The molecule has 1 N–H and O–H groups in total. The summed E-state index contributed by atoms with van der Waals surface area (Å²) in [6.07, 6.45) is 0.920. The van der Waals surface area contributed by atoms with E-state index in [0.29, 0.717) is 16.5 Å². The summed E-state index contributed by atoms with van der Waals surface area (Å²) in [5, 5.41) is 0.607. The van der Waals surface area contributed by atoms with Crippen molar-refractivity contribution >= 4 is 27.5 Å². The Morgan fingerprint density at radius 1 is 1.00 bits per heavy atom. The van der Waals surface area contributed by atoms with Crippen LogP contribution in [0.1, 0.15) is 10.4 Å². The van der Waals surface area contributed by atoms with Gasteiger partial charge in [-0.25, -0.2) is 13.1 Å². The fourth-order valence-electron chi connectivity index (χ4n) is 1.54. The van der Waals surface area contributed by atoms with Gasteiger partial charge in [-0.3, -0.25) is 4.79 Å². The molecule has 0 saturated carbocycles. The van der Waals surface area contributed by atoms with Crippen LogP contribution >= 0.6 is 11.6 Å². The summed E-state index contributed by atoms with van der Waals surface area (Å²) in [7, 11) is -3.58. The van der Waals surface area contributed by atoms with Gasteiger partial charge >= 0.3 is 0 Å². The highest BCUT2D eigenvalue weighted by molar-refractivity contribution is 7.89. The minimum atomic E-state index is -3.58. The van der Waals surface area contributed by atoms with E-state index in [9.17, 15) is 13.2 Å². The van der Waals surface area contributed by atoms with E-state index in [1.807, 2.05) is 4.72 Å². The lowest BCUT2D eigenvalue weighted by Gasteiger charge is -2.07. The lowest BCUT2D eigenvalue weighted by Crippen LogP contribution is -2.29. The average molecular weight is 326 g/mol. The zero-order valence-electron chi connectivity index (χ0n) is 11.0. The largest absolute Gasteiger partial charge is 0.457 e. The lowest BCUT2D eigenvalue weighted by atomic mass is 10.2. The number of rotatable bonds is 4. The Kier molecular flexibility index (Phi) is 4.50. The maximum absolute atomic E-state index is 11.6. The van der Waals surface area contributed by atoms with Crippen LogP contribution in [0.2, 0.25) is 5.02 Å². The van der Waals surface area contributed by atoms with Gasteiger partial charge in [0, 0.05) is 10.6 Å². The van der Waals surface area contributed by atoms with Crippen LogP contribution in [-0.4, -0.2) is 20.6 Å². The van der Waals surface area contributed by atoms with E-state index in [-0.39, 0.29) is 5.56 Å². The van der Waals surface area contributed by atoms with E-state index in [1.54, 1.807) is 36.4 Å². The molecule has 0 aliphatic carbocycles. The number of carbonyl (C=O) groups is 1. The smallest absolute Gasteiger partial charge is 0.264 e. The molecule has 110 valence electrons. The van der Waals surface area contributed by atoms with Crippen molar-refractivity contribution < 1.29 is 17.9 Å². The minimum absolute atomic E-state index is 0.226. The highest BCUT2D eigenvalue weighted by Crippen LogP contribution is 2.23. The lowest BCUT2D eigenvalue weighted by molar-refractivity contribution is 0.0981. The number of nitrogens with one attached hydrogen (secondary N) is 1. The Hall–Kier alpha value is -2.05. The Labute approximate surface area is 127 Å². The third-order valence-corrected chi connectivity index (χ3v) is 3.25. The third kappa shape index (κ3) is 4.77. The van der Waals surface area contributed by atoms with Crippen LogP contribution in [-0.2, 0) is 10.0 Å². The summed E-state index contributed by atoms with van der Waals surface area (Å²) >= 11 is 5.77. The molecular weight excluding hydrogens is 314 g/mol. The van der Waals surface area contributed by atoms with Crippen LogP contribution in [0.15, 0.2) is 48.5 Å². The molecule has 21 heavy (non-hydrogen) atoms. The molecule has 0 radical (unpaired) electrons. The van der Waals surface area contributed by atoms with Gasteiger partial charge in [-0.2, -0.15) is 0 Å². The SMILES string of the molecule is CS(=O)(=O)NC(=O)c1ccc(Oc2ccc(Cl)cc2)cc1. The second-order valence-corrected chi connectivity index (χ2v) is 6.47. The summed E-state index contributed by atoms with van der Waals surface area (Å²) < 4.78 is 29.4. The van der Waals surface area contributed by atoms with Gasteiger partial charge in [0.1, 0.15) is 11.5 Å². The summed E-state index contributed by atoms with van der Waals surface area (Å²) in [6.45, 7) is 0. The molecule has 7 heteroatoms. The van der Waals surface area contributed by atoms with Crippen molar-refractivity contribution in [3.8, 4) is 11.5 Å². The normalized spacial score (nSPS) is 11.0. The molecule has 2 aromatic carbocycles. The first-order valence-corrected chi connectivity index (χ1v) is 8.16. The zero-order valence-corrected chi connectivity index (χ0v) is 12.6. The van der Waals surface area contributed by atoms with Crippen molar-refractivity contribution in [3.05, 3.63) is 59.1 Å². The van der Waals surface area contributed by atoms with E-state index in [4.69, 9.17) is 16.3 Å². The first-order valence-electron chi connectivity index (χ1n) is 5.89. The van der Waals surface area contributed by atoms with E-state index in [1.165, 1.54) is 12.1 Å². The zero-order chi connectivity index (χ0) is 15.5. The van der Waals surface area contributed by atoms with Crippen LogP contribution < -0.4 is 9.46 Å². The van der Waals surface area contributed by atoms with E-state index < -0.39 is 15.9 Å². The summed E-state index contributed by atoms with van der Waals surface area (Å²) in [6, 6.07) is 12.9. The molecule has 0 fully saturated rings. The molecule has 0 spiro atoms. The summed E-state index contributed by atoms with van der Waals surface area (Å²) in [5.41, 5.74) is 0.226. The highest BCUT2D eigenvalue weighted by Gasteiger charge is 2.10. The fourth-order valence-corrected chi connectivity index (χ4v) is 2.12. The molecule has 0 aromatic heterocycles. The van der Waals surface area contributed by atoms with Crippen molar-refractivity contribution in [1.82, 2.24) is 4.72 Å².